The Balaban J connectivity index is 2.27. The van der Waals surface area contributed by atoms with Crippen LogP contribution in [0.25, 0.3) is 0 Å². The van der Waals surface area contributed by atoms with Crippen molar-refractivity contribution in [2.75, 3.05) is 26.8 Å². The molecule has 13 heavy (non-hydrogen) atoms. The van der Waals surface area contributed by atoms with Crippen LogP contribution in [0.3, 0.4) is 0 Å². The number of rotatable bonds is 1. The summed E-state index contributed by atoms with van der Waals surface area (Å²) < 4.78 is 5.55. The number of likely N-dealkylation sites (N-methyl/N-ethyl adjacent to an activating group) is 1. The minimum atomic E-state index is 0.258. The molecule has 1 unspecified atom stereocenters. The smallest absolute Gasteiger partial charge is 0.0690 e. The van der Waals surface area contributed by atoms with Crippen LogP contribution in [0.5, 0.6) is 0 Å². The molecule has 0 saturated carbocycles. The van der Waals surface area contributed by atoms with Crippen molar-refractivity contribution in [3.8, 4) is 0 Å². The molecule has 2 nitrogen and oxygen atoms in total. The summed E-state index contributed by atoms with van der Waals surface area (Å²) in [5, 5.41) is 0. The van der Waals surface area contributed by atoms with Crippen molar-refractivity contribution >= 4 is 0 Å². The molecule has 1 atom stereocenters. The van der Waals surface area contributed by atoms with E-state index in [1.807, 2.05) is 0 Å². The van der Waals surface area contributed by atoms with E-state index in [-0.39, 0.29) is 5.54 Å². The Hall–Kier alpha value is -0.340. The lowest BCUT2D eigenvalue weighted by Crippen LogP contribution is -2.45. The molecule has 0 aromatic carbocycles. The fraction of sp³-hybridized carbons (Fsp3) is 0.818. The number of nitrogens with zero attached hydrogens (tertiary/aromatic N) is 1. The maximum Gasteiger partial charge on any atom is 0.0690 e. The SMILES string of the molecule is CC(C)C1=CCN(C)C12CCOC2. The molecule has 74 valence electrons. The van der Waals surface area contributed by atoms with Gasteiger partial charge in [0.05, 0.1) is 12.1 Å². The minimum absolute atomic E-state index is 0.258. The van der Waals surface area contributed by atoms with Crippen LogP contribution >= 0.6 is 0 Å². The summed E-state index contributed by atoms with van der Waals surface area (Å²) in [5.74, 6) is 0.659. The third-order valence-electron chi connectivity index (χ3n) is 3.48. The maximum atomic E-state index is 5.55. The molecule has 0 aromatic rings. The molecule has 2 aliphatic heterocycles. The van der Waals surface area contributed by atoms with Crippen LogP contribution in [0.2, 0.25) is 0 Å². The highest BCUT2D eigenvalue weighted by Crippen LogP contribution is 2.40. The van der Waals surface area contributed by atoms with Gasteiger partial charge in [0.2, 0.25) is 0 Å². The number of ether oxygens (including phenoxy) is 1. The molecule has 2 heterocycles. The molecule has 0 aromatic heterocycles. The molecule has 0 amide bonds. The summed E-state index contributed by atoms with van der Waals surface area (Å²) >= 11 is 0. The van der Waals surface area contributed by atoms with Crippen LogP contribution in [0.15, 0.2) is 11.6 Å². The van der Waals surface area contributed by atoms with Crippen LogP contribution in [0, 0.1) is 5.92 Å². The first-order valence-electron chi connectivity index (χ1n) is 5.16. The first kappa shape index (κ1) is 9.22. The normalized spacial score (nSPS) is 34.9. The van der Waals surface area contributed by atoms with Crippen molar-refractivity contribution in [3.63, 3.8) is 0 Å². The molecule has 1 fully saturated rings. The largest absolute Gasteiger partial charge is 0.379 e. The zero-order valence-corrected chi connectivity index (χ0v) is 8.84. The van der Waals surface area contributed by atoms with E-state index in [1.165, 1.54) is 6.42 Å². The van der Waals surface area contributed by atoms with Crippen LogP contribution in [0.4, 0.5) is 0 Å². The number of hydrogen-bond donors (Lipinski definition) is 0. The van der Waals surface area contributed by atoms with E-state index in [9.17, 15) is 0 Å². The van der Waals surface area contributed by atoms with Crippen LogP contribution in [-0.4, -0.2) is 37.2 Å². The zero-order chi connectivity index (χ0) is 9.47. The Labute approximate surface area is 80.6 Å². The van der Waals surface area contributed by atoms with E-state index >= 15 is 0 Å². The highest BCUT2D eigenvalue weighted by molar-refractivity contribution is 5.29. The lowest BCUT2D eigenvalue weighted by molar-refractivity contribution is 0.128. The lowest BCUT2D eigenvalue weighted by atomic mass is 9.83. The summed E-state index contributed by atoms with van der Waals surface area (Å²) in [6.45, 7) is 7.48. The molecule has 0 N–H and O–H groups in total. The predicted molar refractivity (Wildman–Crippen MR) is 53.7 cm³/mol. The van der Waals surface area contributed by atoms with Gasteiger partial charge in [-0.1, -0.05) is 19.9 Å². The summed E-state index contributed by atoms with van der Waals surface area (Å²) in [7, 11) is 2.21. The van der Waals surface area contributed by atoms with Crippen LogP contribution in [-0.2, 0) is 4.74 Å². The first-order valence-corrected chi connectivity index (χ1v) is 5.16. The van der Waals surface area contributed by atoms with Gasteiger partial charge < -0.3 is 4.74 Å². The third-order valence-corrected chi connectivity index (χ3v) is 3.48. The summed E-state index contributed by atoms with van der Waals surface area (Å²) in [6, 6.07) is 0. The second-order valence-corrected chi connectivity index (χ2v) is 4.53. The highest BCUT2D eigenvalue weighted by atomic mass is 16.5. The Morgan fingerprint density at radius 3 is 2.85 bits per heavy atom. The summed E-state index contributed by atoms with van der Waals surface area (Å²) in [4.78, 5) is 2.44. The van der Waals surface area contributed by atoms with Gasteiger partial charge in [-0.15, -0.1) is 0 Å². The van der Waals surface area contributed by atoms with Gasteiger partial charge in [-0.25, -0.2) is 0 Å². The standard InChI is InChI=1S/C11H19NO/c1-9(2)10-4-6-12(3)11(10)5-7-13-8-11/h4,9H,5-8H2,1-3H3. The molecule has 2 rings (SSSR count). The van der Waals surface area contributed by atoms with E-state index in [0.29, 0.717) is 5.92 Å². The maximum absolute atomic E-state index is 5.55. The van der Waals surface area contributed by atoms with Gasteiger partial charge in [0.1, 0.15) is 0 Å². The molecule has 2 heteroatoms. The van der Waals surface area contributed by atoms with Crippen molar-refractivity contribution in [2.45, 2.75) is 25.8 Å². The molecule has 1 saturated heterocycles. The molecule has 1 spiro atoms. The van der Waals surface area contributed by atoms with Crippen molar-refractivity contribution in [1.82, 2.24) is 4.90 Å². The molecule has 0 aliphatic carbocycles. The second kappa shape index (κ2) is 3.10. The molecular weight excluding hydrogens is 162 g/mol. The van der Waals surface area contributed by atoms with E-state index in [0.717, 1.165) is 19.8 Å². The lowest BCUT2D eigenvalue weighted by Gasteiger charge is -2.35. The van der Waals surface area contributed by atoms with Gasteiger partial charge in [0, 0.05) is 13.2 Å². The van der Waals surface area contributed by atoms with Crippen molar-refractivity contribution in [2.24, 2.45) is 5.92 Å². The topological polar surface area (TPSA) is 12.5 Å². The first-order chi connectivity index (χ1) is 6.17. The average Bonchev–Trinajstić information content (AvgIpc) is 2.64. The fourth-order valence-electron chi connectivity index (χ4n) is 2.68. The summed E-state index contributed by atoms with van der Waals surface area (Å²) in [6.07, 6.45) is 3.56. The number of hydrogen-bond acceptors (Lipinski definition) is 2. The van der Waals surface area contributed by atoms with E-state index < -0.39 is 0 Å². The monoisotopic (exact) mass is 181 g/mol. The Kier molecular flexibility index (Phi) is 2.20. The molecule has 2 aliphatic rings. The third kappa shape index (κ3) is 1.24. The van der Waals surface area contributed by atoms with E-state index in [4.69, 9.17) is 4.74 Å². The van der Waals surface area contributed by atoms with Gasteiger partial charge >= 0.3 is 0 Å². The van der Waals surface area contributed by atoms with Crippen molar-refractivity contribution < 1.29 is 4.74 Å². The van der Waals surface area contributed by atoms with Crippen molar-refractivity contribution in [3.05, 3.63) is 11.6 Å². The minimum Gasteiger partial charge on any atom is -0.379 e. The van der Waals surface area contributed by atoms with Gasteiger partial charge in [0.15, 0.2) is 0 Å². The Bertz CT molecular complexity index is 226. The van der Waals surface area contributed by atoms with Gasteiger partial charge in [-0.3, -0.25) is 4.90 Å². The average molecular weight is 181 g/mol. The van der Waals surface area contributed by atoms with E-state index in [2.05, 4.69) is 31.9 Å². The van der Waals surface area contributed by atoms with E-state index in [1.54, 1.807) is 5.57 Å². The molecule has 0 bridgehead atoms. The van der Waals surface area contributed by atoms with Gasteiger partial charge in [-0.05, 0) is 25.0 Å². The van der Waals surface area contributed by atoms with Crippen LogP contribution < -0.4 is 0 Å². The van der Waals surface area contributed by atoms with Gasteiger partial charge in [0.25, 0.3) is 0 Å². The zero-order valence-electron chi connectivity index (χ0n) is 8.84. The van der Waals surface area contributed by atoms with Crippen LogP contribution in [0.1, 0.15) is 20.3 Å². The Morgan fingerprint density at radius 1 is 1.54 bits per heavy atom. The Morgan fingerprint density at radius 2 is 2.31 bits per heavy atom. The quantitative estimate of drug-likeness (QED) is 0.571. The van der Waals surface area contributed by atoms with Gasteiger partial charge in [-0.2, -0.15) is 0 Å². The predicted octanol–water partition coefficient (Wildman–Crippen LogP) is 1.67. The summed E-state index contributed by atoms with van der Waals surface area (Å²) in [5.41, 5.74) is 1.85. The highest BCUT2D eigenvalue weighted by Gasteiger charge is 2.45. The second-order valence-electron chi connectivity index (χ2n) is 4.53. The van der Waals surface area contributed by atoms with Crippen molar-refractivity contribution in [1.29, 1.82) is 0 Å². The molecular formula is C11H19NO. The molecule has 0 radical (unpaired) electrons. The fourth-order valence-corrected chi connectivity index (χ4v) is 2.68.